The Bertz CT molecular complexity index is 704. The van der Waals surface area contributed by atoms with Gasteiger partial charge in [0.05, 0.1) is 11.4 Å². The van der Waals surface area contributed by atoms with Crippen molar-refractivity contribution in [2.24, 2.45) is 0 Å². The summed E-state index contributed by atoms with van der Waals surface area (Å²) in [6.07, 6.45) is 0.669. The van der Waals surface area contributed by atoms with Crippen molar-refractivity contribution in [1.82, 2.24) is 19.9 Å². The molecule has 0 unspecified atom stereocenters. The van der Waals surface area contributed by atoms with E-state index in [9.17, 15) is 8.42 Å². The fourth-order valence-corrected chi connectivity index (χ4v) is 3.34. The molecule has 2 aromatic heterocycles. The van der Waals surface area contributed by atoms with Gasteiger partial charge < -0.3 is 4.52 Å². The zero-order valence-corrected chi connectivity index (χ0v) is 12.3. The van der Waals surface area contributed by atoms with Crippen LogP contribution in [0.4, 0.5) is 0 Å². The molecule has 0 N–H and O–H groups in total. The Morgan fingerprint density at radius 3 is 2.53 bits per heavy atom. The largest absolute Gasteiger partial charge is 0.337 e. The highest BCUT2D eigenvalue weighted by Crippen LogP contribution is 2.23. The number of nitrogens with zero attached hydrogens (tertiary/aromatic N) is 4. The summed E-state index contributed by atoms with van der Waals surface area (Å²) in [6, 6.07) is 0. The van der Waals surface area contributed by atoms with Crippen molar-refractivity contribution >= 4 is 19.7 Å². The molecule has 0 bridgehead atoms. The molecule has 0 aliphatic rings. The predicted octanol–water partition coefficient (Wildman–Crippen LogP) is 1.42. The highest BCUT2D eigenvalue weighted by Gasteiger charge is 2.23. The number of hydrogen-bond acceptors (Lipinski definition) is 6. The first-order valence-electron chi connectivity index (χ1n) is 5.63. The summed E-state index contributed by atoms with van der Waals surface area (Å²) in [5.74, 6) is 0.975. The van der Waals surface area contributed by atoms with Gasteiger partial charge in [-0.05, 0) is 13.8 Å². The van der Waals surface area contributed by atoms with E-state index in [0.29, 0.717) is 29.5 Å². The Morgan fingerprint density at radius 1 is 1.37 bits per heavy atom. The van der Waals surface area contributed by atoms with E-state index in [2.05, 4.69) is 15.2 Å². The van der Waals surface area contributed by atoms with Crippen molar-refractivity contribution in [1.29, 1.82) is 0 Å². The Balaban J connectivity index is 2.37. The third-order valence-electron chi connectivity index (χ3n) is 2.67. The van der Waals surface area contributed by atoms with E-state index in [0.717, 1.165) is 0 Å². The molecular formula is C10H13ClN4O3S. The molecule has 0 saturated carbocycles. The van der Waals surface area contributed by atoms with Gasteiger partial charge in [0, 0.05) is 17.1 Å². The highest BCUT2D eigenvalue weighted by molar-refractivity contribution is 8.13. The Hall–Kier alpha value is -1.41. The number of rotatable bonds is 4. The van der Waals surface area contributed by atoms with Gasteiger partial charge in [-0.3, -0.25) is 4.68 Å². The summed E-state index contributed by atoms with van der Waals surface area (Å²) in [7, 11) is 1.57. The van der Waals surface area contributed by atoms with Crippen LogP contribution in [0.5, 0.6) is 0 Å². The van der Waals surface area contributed by atoms with Crippen LogP contribution in [0.1, 0.15) is 30.0 Å². The maximum atomic E-state index is 11.5. The minimum absolute atomic E-state index is 0.0318. The van der Waals surface area contributed by atoms with Crippen molar-refractivity contribution in [2.75, 3.05) is 0 Å². The topological polar surface area (TPSA) is 90.9 Å². The smallest absolute Gasteiger partial charge is 0.264 e. The molecule has 19 heavy (non-hydrogen) atoms. The molecule has 0 saturated heterocycles. The summed E-state index contributed by atoms with van der Waals surface area (Å²) in [5, 5.41) is 7.90. The minimum Gasteiger partial charge on any atom is -0.337 e. The second-order valence-electron chi connectivity index (χ2n) is 4.05. The van der Waals surface area contributed by atoms with Crippen molar-refractivity contribution < 1.29 is 12.9 Å². The van der Waals surface area contributed by atoms with E-state index >= 15 is 0 Å². The maximum Gasteiger partial charge on any atom is 0.264 e. The summed E-state index contributed by atoms with van der Waals surface area (Å²) < 4.78 is 29.4. The Morgan fingerprint density at radius 2 is 2.05 bits per heavy atom. The molecule has 0 fully saturated rings. The van der Waals surface area contributed by atoms with Crippen LogP contribution in [0.15, 0.2) is 9.42 Å². The molecule has 0 atom stereocenters. The third kappa shape index (κ3) is 2.79. The lowest BCUT2D eigenvalue weighted by Gasteiger charge is -2.00. The number of aromatic nitrogens is 4. The minimum atomic E-state index is -3.81. The van der Waals surface area contributed by atoms with Gasteiger partial charge in [-0.1, -0.05) is 12.1 Å². The van der Waals surface area contributed by atoms with Gasteiger partial charge in [0.15, 0.2) is 5.82 Å². The molecule has 0 radical (unpaired) electrons. The monoisotopic (exact) mass is 304 g/mol. The second kappa shape index (κ2) is 4.93. The first-order chi connectivity index (χ1) is 8.82. The van der Waals surface area contributed by atoms with Crippen LogP contribution in [-0.2, 0) is 22.0 Å². The lowest BCUT2D eigenvalue weighted by atomic mass is 10.4. The van der Waals surface area contributed by atoms with E-state index in [-0.39, 0.29) is 11.4 Å². The van der Waals surface area contributed by atoms with Gasteiger partial charge in [0.2, 0.25) is 5.89 Å². The standard InChI is InChI=1S/C10H13ClN4O3S/c1-4-8-12-9(18-14-8)5-15-7(3)10(6(2)13-15)19(11,16)17/h4-5H2,1-3H3. The highest BCUT2D eigenvalue weighted by atomic mass is 35.7. The summed E-state index contributed by atoms with van der Waals surface area (Å²) in [6.45, 7) is 5.35. The molecular weight excluding hydrogens is 292 g/mol. The van der Waals surface area contributed by atoms with Crippen LogP contribution in [-0.4, -0.2) is 28.3 Å². The van der Waals surface area contributed by atoms with Gasteiger partial charge in [-0.2, -0.15) is 10.1 Å². The molecule has 0 amide bonds. The molecule has 0 aliphatic heterocycles. The van der Waals surface area contributed by atoms with Crippen LogP contribution < -0.4 is 0 Å². The maximum absolute atomic E-state index is 11.5. The predicted molar refractivity (Wildman–Crippen MR) is 67.5 cm³/mol. The van der Waals surface area contributed by atoms with Crippen LogP contribution in [0.2, 0.25) is 0 Å². The Labute approximate surface area is 115 Å². The van der Waals surface area contributed by atoms with E-state index in [1.807, 2.05) is 6.92 Å². The first kappa shape index (κ1) is 14.0. The average Bonchev–Trinajstić information content (AvgIpc) is 2.84. The van der Waals surface area contributed by atoms with E-state index in [4.69, 9.17) is 15.2 Å². The van der Waals surface area contributed by atoms with Gasteiger partial charge in [0.1, 0.15) is 11.4 Å². The molecule has 2 heterocycles. The molecule has 0 aliphatic carbocycles. The number of aryl methyl sites for hydroxylation is 2. The van der Waals surface area contributed by atoms with Gasteiger partial charge in [-0.25, -0.2) is 8.42 Å². The molecule has 2 rings (SSSR count). The molecule has 0 aromatic carbocycles. The molecule has 104 valence electrons. The normalized spacial score (nSPS) is 12.0. The Kier molecular flexibility index (Phi) is 3.64. The van der Waals surface area contributed by atoms with Crippen molar-refractivity contribution in [3.05, 3.63) is 23.1 Å². The second-order valence-corrected chi connectivity index (χ2v) is 6.56. The van der Waals surface area contributed by atoms with Gasteiger partial charge in [-0.15, -0.1) is 0 Å². The average molecular weight is 305 g/mol. The third-order valence-corrected chi connectivity index (χ3v) is 4.21. The molecule has 7 nitrogen and oxygen atoms in total. The van der Waals surface area contributed by atoms with E-state index in [1.54, 1.807) is 13.8 Å². The fraction of sp³-hybridized carbons (Fsp3) is 0.500. The van der Waals surface area contributed by atoms with E-state index < -0.39 is 9.05 Å². The summed E-state index contributed by atoms with van der Waals surface area (Å²) in [4.78, 5) is 4.18. The lowest BCUT2D eigenvalue weighted by Crippen LogP contribution is -2.05. The summed E-state index contributed by atoms with van der Waals surface area (Å²) in [5.41, 5.74) is 0.798. The number of hydrogen-bond donors (Lipinski definition) is 0. The van der Waals surface area contributed by atoms with Crippen LogP contribution >= 0.6 is 10.7 Å². The fourth-order valence-electron chi connectivity index (χ4n) is 1.81. The van der Waals surface area contributed by atoms with Crippen LogP contribution in [0.3, 0.4) is 0 Å². The quantitative estimate of drug-likeness (QED) is 0.793. The number of halogens is 1. The van der Waals surface area contributed by atoms with Crippen molar-refractivity contribution in [3.63, 3.8) is 0 Å². The van der Waals surface area contributed by atoms with Gasteiger partial charge >= 0.3 is 0 Å². The first-order valence-corrected chi connectivity index (χ1v) is 7.94. The molecule has 9 heteroatoms. The van der Waals surface area contributed by atoms with Crippen LogP contribution in [0, 0.1) is 13.8 Å². The van der Waals surface area contributed by atoms with E-state index in [1.165, 1.54) is 4.68 Å². The SMILES string of the molecule is CCc1noc(Cn2nc(C)c(S(=O)(=O)Cl)c2C)n1. The van der Waals surface area contributed by atoms with Crippen molar-refractivity contribution in [2.45, 2.75) is 38.6 Å². The zero-order valence-electron chi connectivity index (χ0n) is 10.7. The zero-order chi connectivity index (χ0) is 14.2. The molecule has 0 spiro atoms. The van der Waals surface area contributed by atoms with Gasteiger partial charge in [0.25, 0.3) is 9.05 Å². The lowest BCUT2D eigenvalue weighted by molar-refractivity contribution is 0.360. The van der Waals surface area contributed by atoms with Crippen LogP contribution in [0.25, 0.3) is 0 Å². The summed E-state index contributed by atoms with van der Waals surface area (Å²) >= 11 is 0. The molecule has 2 aromatic rings. The van der Waals surface area contributed by atoms with Crippen molar-refractivity contribution in [3.8, 4) is 0 Å².